The molecule has 2 aromatic rings. The Morgan fingerprint density at radius 2 is 1.74 bits per heavy atom. The van der Waals surface area contributed by atoms with Crippen LogP contribution in [-0.4, -0.2) is 35.3 Å². The number of unbranched alkanes of at least 4 members (excludes halogenated alkanes) is 1. The van der Waals surface area contributed by atoms with Gasteiger partial charge in [-0.2, -0.15) is 0 Å². The van der Waals surface area contributed by atoms with E-state index in [0.29, 0.717) is 12.1 Å². The predicted octanol–water partition coefficient (Wildman–Crippen LogP) is 4.33. The van der Waals surface area contributed by atoms with Crippen molar-refractivity contribution in [2.75, 3.05) is 18.9 Å². The van der Waals surface area contributed by atoms with Gasteiger partial charge in [-0.15, -0.1) is 0 Å². The number of rotatable bonds is 8. The molecular formula is C22H29N3O2. The molecule has 5 heteroatoms. The quantitative estimate of drug-likeness (QED) is 0.755. The summed E-state index contributed by atoms with van der Waals surface area (Å²) in [6, 6.07) is 9.27. The van der Waals surface area contributed by atoms with Crippen LogP contribution in [0.25, 0.3) is 0 Å². The highest BCUT2D eigenvalue weighted by Gasteiger charge is 2.16. The molecule has 0 fully saturated rings. The van der Waals surface area contributed by atoms with Crippen molar-refractivity contribution >= 4 is 17.5 Å². The van der Waals surface area contributed by atoms with Gasteiger partial charge in [0.1, 0.15) is 5.69 Å². The minimum absolute atomic E-state index is 0.0943. The Balaban J connectivity index is 2.22. The van der Waals surface area contributed by atoms with Gasteiger partial charge in [0.25, 0.3) is 11.8 Å². The van der Waals surface area contributed by atoms with Gasteiger partial charge in [0.15, 0.2) is 0 Å². The second kappa shape index (κ2) is 9.86. The number of pyridine rings is 1. The van der Waals surface area contributed by atoms with Crippen molar-refractivity contribution in [2.45, 2.75) is 46.5 Å². The van der Waals surface area contributed by atoms with E-state index in [4.69, 9.17) is 0 Å². The maximum atomic E-state index is 12.8. The molecule has 0 aliphatic carbocycles. The zero-order chi connectivity index (χ0) is 19.8. The number of aromatic nitrogens is 1. The Bertz CT molecular complexity index is 780. The number of nitrogens with one attached hydrogen (secondary N) is 1. The fraction of sp³-hybridized carbons (Fsp3) is 0.409. The standard InChI is InChI=1S/C22H29N3O2/c1-5-8-14-25(4)22(27)18-12-13-23-19(15-18)21(26)24-20-16(6-2)10-9-11-17(20)7-3/h9-13,15H,5-8,14H2,1-4H3,(H,24,26). The summed E-state index contributed by atoms with van der Waals surface area (Å²) in [5.74, 6) is -0.389. The van der Waals surface area contributed by atoms with E-state index < -0.39 is 0 Å². The number of hydrogen-bond acceptors (Lipinski definition) is 3. The molecule has 2 amide bonds. The summed E-state index contributed by atoms with van der Waals surface area (Å²) in [7, 11) is 1.78. The zero-order valence-corrected chi connectivity index (χ0v) is 16.7. The molecule has 0 aliphatic heterocycles. The van der Waals surface area contributed by atoms with E-state index in [2.05, 4.69) is 31.1 Å². The van der Waals surface area contributed by atoms with E-state index in [1.54, 1.807) is 24.1 Å². The molecule has 1 heterocycles. The first kappa shape index (κ1) is 20.6. The summed E-state index contributed by atoms with van der Waals surface area (Å²) >= 11 is 0. The van der Waals surface area contributed by atoms with Crippen LogP contribution in [0, 0.1) is 0 Å². The van der Waals surface area contributed by atoms with Crippen LogP contribution in [0.2, 0.25) is 0 Å². The highest BCUT2D eigenvalue weighted by atomic mass is 16.2. The molecule has 144 valence electrons. The summed E-state index contributed by atoms with van der Waals surface area (Å²) in [5, 5.41) is 3.00. The van der Waals surface area contributed by atoms with E-state index in [-0.39, 0.29) is 17.5 Å². The van der Waals surface area contributed by atoms with Crippen molar-refractivity contribution < 1.29 is 9.59 Å². The maximum Gasteiger partial charge on any atom is 0.274 e. The lowest BCUT2D eigenvalue weighted by Gasteiger charge is -2.17. The topological polar surface area (TPSA) is 62.3 Å². The van der Waals surface area contributed by atoms with Crippen molar-refractivity contribution in [3.05, 3.63) is 58.9 Å². The number of nitrogens with zero attached hydrogens (tertiary/aromatic N) is 2. The summed E-state index contributed by atoms with van der Waals surface area (Å²) in [6.45, 7) is 6.91. The van der Waals surface area contributed by atoms with E-state index in [1.165, 1.54) is 6.20 Å². The number of benzene rings is 1. The largest absolute Gasteiger partial charge is 0.342 e. The second-order valence-electron chi connectivity index (χ2n) is 6.62. The van der Waals surface area contributed by atoms with Crippen LogP contribution in [0.1, 0.15) is 65.6 Å². The molecule has 0 bridgehead atoms. The fourth-order valence-electron chi connectivity index (χ4n) is 2.99. The summed E-state index contributed by atoms with van der Waals surface area (Å²) < 4.78 is 0. The maximum absolute atomic E-state index is 12.8. The van der Waals surface area contributed by atoms with Gasteiger partial charge in [-0.25, -0.2) is 0 Å². The molecule has 5 nitrogen and oxygen atoms in total. The smallest absolute Gasteiger partial charge is 0.274 e. The van der Waals surface area contributed by atoms with Gasteiger partial charge in [0.05, 0.1) is 0 Å². The SMILES string of the molecule is CCCCN(C)C(=O)c1ccnc(C(=O)Nc2c(CC)cccc2CC)c1. The molecular weight excluding hydrogens is 338 g/mol. The van der Waals surface area contributed by atoms with Gasteiger partial charge < -0.3 is 10.2 Å². The molecule has 1 N–H and O–H groups in total. The molecule has 0 saturated carbocycles. The van der Waals surface area contributed by atoms with E-state index in [9.17, 15) is 9.59 Å². The van der Waals surface area contributed by atoms with Gasteiger partial charge in [-0.05, 0) is 42.5 Å². The molecule has 2 rings (SSSR count). The van der Waals surface area contributed by atoms with Crippen molar-refractivity contribution in [3.63, 3.8) is 0 Å². The number of aryl methyl sites for hydroxylation is 2. The van der Waals surface area contributed by atoms with Gasteiger partial charge in [0, 0.05) is 31.0 Å². The number of amides is 2. The van der Waals surface area contributed by atoms with Crippen LogP contribution in [0.4, 0.5) is 5.69 Å². The molecule has 27 heavy (non-hydrogen) atoms. The van der Waals surface area contributed by atoms with Gasteiger partial charge >= 0.3 is 0 Å². The fourth-order valence-corrected chi connectivity index (χ4v) is 2.99. The number of carbonyl (C=O) groups excluding carboxylic acids is 2. The van der Waals surface area contributed by atoms with Gasteiger partial charge in [0.2, 0.25) is 0 Å². The minimum Gasteiger partial charge on any atom is -0.342 e. The van der Waals surface area contributed by atoms with Gasteiger partial charge in [-0.3, -0.25) is 14.6 Å². The number of para-hydroxylation sites is 1. The average molecular weight is 367 g/mol. The van der Waals surface area contributed by atoms with Crippen LogP contribution in [-0.2, 0) is 12.8 Å². The highest BCUT2D eigenvalue weighted by molar-refractivity contribution is 6.05. The van der Waals surface area contributed by atoms with E-state index >= 15 is 0 Å². The zero-order valence-electron chi connectivity index (χ0n) is 16.7. The Hall–Kier alpha value is -2.69. The van der Waals surface area contributed by atoms with Crippen molar-refractivity contribution in [2.24, 2.45) is 0 Å². The average Bonchev–Trinajstić information content (AvgIpc) is 2.71. The van der Waals surface area contributed by atoms with E-state index in [1.807, 2.05) is 18.2 Å². The molecule has 1 aromatic heterocycles. The first-order chi connectivity index (χ1) is 13.0. The molecule has 0 radical (unpaired) electrons. The van der Waals surface area contributed by atoms with Crippen LogP contribution >= 0.6 is 0 Å². The van der Waals surface area contributed by atoms with E-state index in [0.717, 1.165) is 42.5 Å². The lowest BCUT2D eigenvalue weighted by molar-refractivity contribution is 0.0793. The molecule has 0 aliphatic rings. The summed E-state index contributed by atoms with van der Waals surface area (Å²) in [6.07, 6.45) is 5.16. The highest BCUT2D eigenvalue weighted by Crippen LogP contribution is 2.23. The monoisotopic (exact) mass is 367 g/mol. The Morgan fingerprint density at radius 3 is 2.33 bits per heavy atom. The van der Waals surface area contributed by atoms with Crippen molar-refractivity contribution in [1.82, 2.24) is 9.88 Å². The van der Waals surface area contributed by atoms with Crippen molar-refractivity contribution in [1.29, 1.82) is 0 Å². The third kappa shape index (κ3) is 5.16. The lowest BCUT2D eigenvalue weighted by atomic mass is 10.0. The molecule has 0 unspecified atom stereocenters. The van der Waals surface area contributed by atoms with Crippen LogP contribution < -0.4 is 5.32 Å². The molecule has 0 atom stereocenters. The Kier molecular flexibility index (Phi) is 7.53. The number of carbonyl (C=O) groups is 2. The van der Waals surface area contributed by atoms with Crippen LogP contribution in [0.3, 0.4) is 0 Å². The van der Waals surface area contributed by atoms with Gasteiger partial charge in [-0.1, -0.05) is 45.4 Å². The Morgan fingerprint density at radius 1 is 1.07 bits per heavy atom. The van der Waals surface area contributed by atoms with Crippen LogP contribution in [0.15, 0.2) is 36.5 Å². The van der Waals surface area contributed by atoms with Crippen molar-refractivity contribution in [3.8, 4) is 0 Å². The third-order valence-corrected chi connectivity index (χ3v) is 4.67. The summed E-state index contributed by atoms with van der Waals surface area (Å²) in [5.41, 5.74) is 3.76. The Labute approximate surface area is 161 Å². The second-order valence-corrected chi connectivity index (χ2v) is 6.62. The lowest BCUT2D eigenvalue weighted by Crippen LogP contribution is -2.28. The normalized spacial score (nSPS) is 10.5. The summed E-state index contributed by atoms with van der Waals surface area (Å²) in [4.78, 5) is 31.2. The first-order valence-electron chi connectivity index (χ1n) is 9.65. The van der Waals surface area contributed by atoms with Crippen LogP contribution in [0.5, 0.6) is 0 Å². The molecule has 0 spiro atoms. The first-order valence-corrected chi connectivity index (χ1v) is 9.65. The number of hydrogen-bond donors (Lipinski definition) is 1. The molecule has 0 saturated heterocycles. The molecule has 1 aromatic carbocycles. The predicted molar refractivity (Wildman–Crippen MR) is 109 cm³/mol. The third-order valence-electron chi connectivity index (χ3n) is 4.67. The number of anilines is 1. The minimum atomic E-state index is -0.295.